The molecule has 0 aliphatic heterocycles. The predicted molar refractivity (Wildman–Crippen MR) is 63.2 cm³/mol. The summed E-state index contributed by atoms with van der Waals surface area (Å²) in [5.41, 5.74) is 2.09. The number of nitrogens with one attached hydrogen (secondary N) is 1. The second-order valence-corrected chi connectivity index (χ2v) is 6.86. The quantitative estimate of drug-likeness (QED) is 0.377. The Morgan fingerprint density at radius 1 is 1.53 bits per heavy atom. The summed E-state index contributed by atoms with van der Waals surface area (Å²) in [5, 5.41) is -0.248. The van der Waals surface area contributed by atoms with E-state index in [1.807, 2.05) is 6.92 Å². The molecule has 1 atom stereocenters. The van der Waals surface area contributed by atoms with E-state index in [1.54, 1.807) is 0 Å². The number of hydrazine groups is 1. The van der Waals surface area contributed by atoms with Gasteiger partial charge >= 0.3 is 0 Å². The summed E-state index contributed by atoms with van der Waals surface area (Å²) in [5.74, 6) is 5.31. The highest BCUT2D eigenvalue weighted by Gasteiger charge is 2.17. The number of thioether (sulfide) groups is 1. The monoisotopic (exact) mass is 254 g/mol. The summed E-state index contributed by atoms with van der Waals surface area (Å²) < 4.78 is 21.7. The van der Waals surface area contributed by atoms with Crippen LogP contribution in [0.5, 0.6) is 0 Å². The molecule has 0 rings (SSSR count). The van der Waals surface area contributed by atoms with Gasteiger partial charge in [-0.25, -0.2) is 14.3 Å². The third-order valence-corrected chi connectivity index (χ3v) is 4.25. The summed E-state index contributed by atoms with van der Waals surface area (Å²) in [4.78, 5) is 11.3. The molecule has 0 bridgehead atoms. The van der Waals surface area contributed by atoms with Crippen molar-refractivity contribution in [3.05, 3.63) is 0 Å². The number of carbonyl (C=O) groups is 1. The minimum absolute atomic E-state index is 0.0930. The van der Waals surface area contributed by atoms with Gasteiger partial charge in [0.1, 0.15) is 9.84 Å². The maximum atomic E-state index is 11.3. The van der Waals surface area contributed by atoms with Crippen molar-refractivity contribution >= 4 is 27.5 Å². The summed E-state index contributed by atoms with van der Waals surface area (Å²) >= 11 is 1.33. The maximum Gasteiger partial charge on any atom is 0.246 e. The van der Waals surface area contributed by atoms with E-state index in [0.29, 0.717) is 12.2 Å². The zero-order chi connectivity index (χ0) is 11.9. The molecule has 0 aromatic heterocycles. The van der Waals surface area contributed by atoms with Crippen LogP contribution in [0, 0.1) is 0 Å². The molecule has 90 valence electrons. The minimum atomic E-state index is -2.95. The van der Waals surface area contributed by atoms with Crippen LogP contribution in [0.4, 0.5) is 0 Å². The third-order valence-electron chi connectivity index (χ3n) is 1.76. The largest absolute Gasteiger partial charge is 0.293 e. The Morgan fingerprint density at radius 3 is 2.53 bits per heavy atom. The van der Waals surface area contributed by atoms with Crippen molar-refractivity contribution in [2.45, 2.75) is 25.0 Å². The van der Waals surface area contributed by atoms with Crippen LogP contribution in [0.15, 0.2) is 0 Å². The first-order chi connectivity index (χ1) is 6.90. The molecule has 0 aliphatic rings. The van der Waals surface area contributed by atoms with Gasteiger partial charge in [-0.1, -0.05) is 13.3 Å². The van der Waals surface area contributed by atoms with Crippen molar-refractivity contribution in [1.29, 1.82) is 0 Å². The van der Waals surface area contributed by atoms with Gasteiger partial charge in [0.25, 0.3) is 0 Å². The molecule has 15 heavy (non-hydrogen) atoms. The van der Waals surface area contributed by atoms with E-state index in [0.717, 1.165) is 6.42 Å². The average molecular weight is 254 g/mol. The molecule has 0 heterocycles. The lowest BCUT2D eigenvalue weighted by Gasteiger charge is -2.13. The second kappa shape index (κ2) is 7.08. The summed E-state index contributed by atoms with van der Waals surface area (Å²) in [6.45, 7) is 1.97. The number of rotatable bonds is 7. The van der Waals surface area contributed by atoms with Crippen molar-refractivity contribution in [3.63, 3.8) is 0 Å². The fraction of sp³-hybridized carbons (Fsp3) is 0.875. The normalized spacial score (nSPS) is 13.5. The van der Waals surface area contributed by atoms with Crippen molar-refractivity contribution in [1.82, 2.24) is 5.43 Å². The van der Waals surface area contributed by atoms with Gasteiger partial charge in [0.15, 0.2) is 0 Å². The van der Waals surface area contributed by atoms with E-state index in [9.17, 15) is 13.2 Å². The third kappa shape index (κ3) is 7.64. The van der Waals surface area contributed by atoms with E-state index in [-0.39, 0.29) is 16.9 Å². The molecule has 0 saturated heterocycles. The summed E-state index contributed by atoms with van der Waals surface area (Å²) in [7, 11) is -2.95. The van der Waals surface area contributed by atoms with Gasteiger partial charge in [-0.3, -0.25) is 10.2 Å². The average Bonchev–Trinajstić information content (AvgIpc) is 2.13. The first-order valence-electron chi connectivity index (χ1n) is 4.70. The van der Waals surface area contributed by atoms with Crippen LogP contribution in [-0.2, 0) is 14.6 Å². The Kier molecular flexibility index (Phi) is 6.95. The van der Waals surface area contributed by atoms with Crippen LogP contribution in [0.2, 0.25) is 0 Å². The van der Waals surface area contributed by atoms with E-state index >= 15 is 0 Å². The number of nitrogens with two attached hydrogens (primary N) is 1. The fourth-order valence-electron chi connectivity index (χ4n) is 0.987. The maximum absolute atomic E-state index is 11.3. The molecule has 5 nitrogen and oxygen atoms in total. The smallest absolute Gasteiger partial charge is 0.246 e. The summed E-state index contributed by atoms with van der Waals surface area (Å²) in [6.07, 6.45) is 2.76. The van der Waals surface area contributed by atoms with Crippen LogP contribution in [-0.4, -0.2) is 37.3 Å². The zero-order valence-corrected chi connectivity index (χ0v) is 10.7. The molecule has 0 saturated carbocycles. The van der Waals surface area contributed by atoms with Gasteiger partial charge in [0.2, 0.25) is 5.91 Å². The highest BCUT2D eigenvalue weighted by Crippen LogP contribution is 2.16. The molecule has 0 radical (unpaired) electrons. The van der Waals surface area contributed by atoms with E-state index in [4.69, 9.17) is 5.84 Å². The van der Waals surface area contributed by atoms with Crippen LogP contribution in [0.1, 0.15) is 19.8 Å². The van der Waals surface area contributed by atoms with Crippen LogP contribution in [0.3, 0.4) is 0 Å². The van der Waals surface area contributed by atoms with E-state index < -0.39 is 9.84 Å². The van der Waals surface area contributed by atoms with Crippen molar-refractivity contribution in [2.75, 3.05) is 17.8 Å². The van der Waals surface area contributed by atoms with Crippen molar-refractivity contribution < 1.29 is 13.2 Å². The number of hydrogen-bond donors (Lipinski definition) is 2. The number of hydrogen-bond acceptors (Lipinski definition) is 5. The number of sulfone groups is 1. The van der Waals surface area contributed by atoms with Crippen molar-refractivity contribution in [3.8, 4) is 0 Å². The molecule has 0 aromatic carbocycles. The standard InChI is InChI=1S/C8H18N2O3S2/c1-3-4-7(8(11)10-9)14-5-6-15(2,12)13/h7H,3-6,9H2,1-2H3,(H,10,11). The molecule has 7 heteroatoms. The Balaban J connectivity index is 4.02. The molecule has 0 aliphatic carbocycles. The van der Waals surface area contributed by atoms with Crippen LogP contribution < -0.4 is 11.3 Å². The van der Waals surface area contributed by atoms with E-state index in [2.05, 4.69) is 5.43 Å². The molecule has 0 fully saturated rings. The minimum Gasteiger partial charge on any atom is -0.293 e. The predicted octanol–water partition coefficient (Wildman–Crippen LogP) is -0.0772. The van der Waals surface area contributed by atoms with Gasteiger partial charge in [0, 0.05) is 12.0 Å². The molecule has 1 amide bonds. The zero-order valence-electron chi connectivity index (χ0n) is 9.02. The van der Waals surface area contributed by atoms with Gasteiger partial charge < -0.3 is 0 Å². The SMILES string of the molecule is CCCC(SCCS(C)(=O)=O)C(=O)NN. The van der Waals surface area contributed by atoms with Gasteiger partial charge in [-0.05, 0) is 6.42 Å². The lowest BCUT2D eigenvalue weighted by Crippen LogP contribution is -2.37. The lowest BCUT2D eigenvalue weighted by molar-refractivity contribution is -0.120. The second-order valence-electron chi connectivity index (χ2n) is 3.29. The first-order valence-corrected chi connectivity index (χ1v) is 7.81. The Hall–Kier alpha value is -0.270. The Bertz CT molecular complexity index is 290. The topological polar surface area (TPSA) is 89.3 Å². The van der Waals surface area contributed by atoms with Gasteiger partial charge in [-0.15, -0.1) is 11.8 Å². The summed E-state index contributed by atoms with van der Waals surface area (Å²) in [6, 6.07) is 0. The fourth-order valence-corrected chi connectivity index (χ4v) is 3.49. The highest BCUT2D eigenvalue weighted by molar-refractivity contribution is 8.01. The van der Waals surface area contributed by atoms with Gasteiger partial charge in [-0.2, -0.15) is 0 Å². The van der Waals surface area contributed by atoms with Crippen LogP contribution >= 0.6 is 11.8 Å². The van der Waals surface area contributed by atoms with Gasteiger partial charge in [0.05, 0.1) is 11.0 Å². The Labute approximate surface area is 95.1 Å². The lowest BCUT2D eigenvalue weighted by atomic mass is 10.2. The number of carbonyl (C=O) groups excluding carboxylic acids is 1. The highest BCUT2D eigenvalue weighted by atomic mass is 32.2. The first kappa shape index (κ1) is 14.7. The Morgan fingerprint density at radius 2 is 2.13 bits per heavy atom. The molecular weight excluding hydrogens is 236 g/mol. The molecule has 1 unspecified atom stereocenters. The molecular formula is C8H18N2O3S2. The van der Waals surface area contributed by atoms with E-state index in [1.165, 1.54) is 18.0 Å². The molecule has 3 N–H and O–H groups in total. The van der Waals surface area contributed by atoms with Crippen molar-refractivity contribution in [2.24, 2.45) is 5.84 Å². The molecule has 0 spiro atoms. The number of amides is 1. The molecule has 0 aromatic rings. The van der Waals surface area contributed by atoms with Crippen LogP contribution in [0.25, 0.3) is 0 Å².